The third-order valence-corrected chi connectivity index (χ3v) is 3.45. The van der Waals surface area contributed by atoms with Crippen LogP contribution in [0.15, 0.2) is 24.3 Å². The van der Waals surface area contributed by atoms with E-state index in [2.05, 4.69) is 49.9 Å². The number of nitrogens with zero attached hydrogens (tertiary/aromatic N) is 1. The van der Waals surface area contributed by atoms with Crippen molar-refractivity contribution in [1.29, 1.82) is 0 Å². The van der Waals surface area contributed by atoms with Crippen molar-refractivity contribution in [3.05, 3.63) is 35.4 Å². The van der Waals surface area contributed by atoms with Gasteiger partial charge in [0.2, 0.25) is 0 Å². The molecule has 0 spiro atoms. The molecule has 0 radical (unpaired) electrons. The van der Waals surface area contributed by atoms with E-state index in [-0.39, 0.29) is 12.4 Å². The number of aryl methyl sites for hydroxylation is 2. The first-order valence-electron chi connectivity index (χ1n) is 7.04. The molecule has 0 saturated carbocycles. The molecule has 1 nitrogen and oxygen atoms in total. The molecular formula is C16H28ClN. The fourth-order valence-electron chi connectivity index (χ4n) is 2.14. The lowest BCUT2D eigenvalue weighted by Gasteiger charge is -2.17. The minimum atomic E-state index is 0. The summed E-state index contributed by atoms with van der Waals surface area (Å²) in [6, 6.07) is 8.95. The molecule has 0 heterocycles. The fraction of sp³-hybridized carbons (Fsp3) is 0.625. The lowest BCUT2D eigenvalue weighted by atomic mass is 10.1. The minimum absolute atomic E-state index is 0. The summed E-state index contributed by atoms with van der Waals surface area (Å²) in [6.45, 7) is 10.3. The van der Waals surface area contributed by atoms with Gasteiger partial charge in [0.1, 0.15) is 0 Å². The second-order valence-corrected chi connectivity index (χ2v) is 4.82. The maximum absolute atomic E-state index is 2.51. The molecule has 0 atom stereocenters. The van der Waals surface area contributed by atoms with Crippen LogP contribution in [-0.4, -0.2) is 24.5 Å². The number of hydrogen-bond donors (Lipinski definition) is 0. The molecule has 18 heavy (non-hydrogen) atoms. The van der Waals surface area contributed by atoms with Gasteiger partial charge in [-0.1, -0.05) is 50.1 Å². The summed E-state index contributed by atoms with van der Waals surface area (Å²) in [5.41, 5.74) is 2.84. The van der Waals surface area contributed by atoms with Crippen molar-refractivity contribution in [3.8, 4) is 0 Å². The molecule has 0 saturated heterocycles. The van der Waals surface area contributed by atoms with E-state index in [0.717, 1.165) is 0 Å². The van der Waals surface area contributed by atoms with Crippen LogP contribution < -0.4 is 0 Å². The first kappa shape index (κ1) is 17.5. The van der Waals surface area contributed by atoms with Crippen LogP contribution in [0.2, 0.25) is 0 Å². The summed E-state index contributed by atoms with van der Waals surface area (Å²) in [6.07, 6.45) is 5.25. The topological polar surface area (TPSA) is 3.24 Å². The highest BCUT2D eigenvalue weighted by Crippen LogP contribution is 2.08. The number of halogens is 1. The number of benzene rings is 1. The van der Waals surface area contributed by atoms with E-state index in [1.165, 1.54) is 56.4 Å². The quantitative estimate of drug-likeness (QED) is 0.630. The molecule has 0 fully saturated rings. The van der Waals surface area contributed by atoms with E-state index in [4.69, 9.17) is 0 Å². The van der Waals surface area contributed by atoms with Crippen LogP contribution in [0.1, 0.15) is 44.2 Å². The van der Waals surface area contributed by atoms with E-state index >= 15 is 0 Å². The van der Waals surface area contributed by atoms with Gasteiger partial charge in [0.25, 0.3) is 0 Å². The van der Waals surface area contributed by atoms with E-state index in [9.17, 15) is 0 Å². The Kier molecular flexibility index (Phi) is 10.1. The van der Waals surface area contributed by atoms with Crippen LogP contribution in [0.3, 0.4) is 0 Å². The van der Waals surface area contributed by atoms with E-state index in [1.807, 2.05) is 0 Å². The first-order valence-corrected chi connectivity index (χ1v) is 7.04. The molecule has 104 valence electrons. The molecule has 0 amide bonds. The standard InChI is InChI=1S/C16H27N.ClH/c1-4-17(5-2)14-8-6-7-9-16-12-10-15(3)11-13-16;/h10-13H,4-9,14H2,1-3H3;1H. The monoisotopic (exact) mass is 269 g/mol. The van der Waals surface area contributed by atoms with E-state index < -0.39 is 0 Å². The molecule has 0 unspecified atom stereocenters. The molecule has 0 aliphatic carbocycles. The molecule has 0 aliphatic rings. The van der Waals surface area contributed by atoms with Gasteiger partial charge in [0.05, 0.1) is 0 Å². The normalized spacial score (nSPS) is 10.4. The number of rotatable bonds is 8. The lowest BCUT2D eigenvalue weighted by molar-refractivity contribution is 0.296. The molecule has 0 bridgehead atoms. The Labute approximate surface area is 119 Å². The third kappa shape index (κ3) is 7.03. The van der Waals surface area contributed by atoms with Crippen molar-refractivity contribution >= 4 is 12.4 Å². The van der Waals surface area contributed by atoms with Crippen LogP contribution >= 0.6 is 12.4 Å². The van der Waals surface area contributed by atoms with Crippen molar-refractivity contribution in [1.82, 2.24) is 4.90 Å². The van der Waals surface area contributed by atoms with Crippen molar-refractivity contribution in [2.75, 3.05) is 19.6 Å². The second-order valence-electron chi connectivity index (χ2n) is 4.82. The Morgan fingerprint density at radius 3 is 2.06 bits per heavy atom. The third-order valence-electron chi connectivity index (χ3n) is 3.45. The average molecular weight is 270 g/mol. The minimum Gasteiger partial charge on any atom is -0.304 e. The van der Waals surface area contributed by atoms with Gasteiger partial charge in [0, 0.05) is 0 Å². The van der Waals surface area contributed by atoms with Gasteiger partial charge in [-0.3, -0.25) is 0 Å². The predicted molar refractivity (Wildman–Crippen MR) is 83.8 cm³/mol. The Morgan fingerprint density at radius 1 is 0.889 bits per heavy atom. The fourth-order valence-corrected chi connectivity index (χ4v) is 2.14. The van der Waals surface area contributed by atoms with Crippen molar-refractivity contribution in [2.24, 2.45) is 0 Å². The lowest BCUT2D eigenvalue weighted by Crippen LogP contribution is -2.23. The summed E-state index contributed by atoms with van der Waals surface area (Å²) in [4.78, 5) is 2.51. The largest absolute Gasteiger partial charge is 0.304 e. The SMILES string of the molecule is CCN(CC)CCCCCc1ccc(C)cc1.Cl. The van der Waals surface area contributed by atoms with Crippen LogP contribution in [0.25, 0.3) is 0 Å². The zero-order valence-corrected chi connectivity index (χ0v) is 12.9. The van der Waals surface area contributed by atoms with Gasteiger partial charge in [-0.25, -0.2) is 0 Å². The summed E-state index contributed by atoms with van der Waals surface area (Å²) in [5.74, 6) is 0. The predicted octanol–water partition coefficient (Wildman–Crippen LogP) is 4.47. The zero-order valence-electron chi connectivity index (χ0n) is 12.1. The molecular weight excluding hydrogens is 242 g/mol. The van der Waals surface area contributed by atoms with Gasteiger partial charge in [-0.15, -0.1) is 12.4 Å². The highest BCUT2D eigenvalue weighted by molar-refractivity contribution is 5.85. The van der Waals surface area contributed by atoms with Crippen LogP contribution in [0, 0.1) is 6.92 Å². The van der Waals surface area contributed by atoms with Gasteiger partial charge < -0.3 is 4.90 Å². The molecule has 0 aliphatic heterocycles. The van der Waals surface area contributed by atoms with E-state index in [1.54, 1.807) is 0 Å². The number of unbranched alkanes of at least 4 members (excludes halogenated alkanes) is 2. The van der Waals surface area contributed by atoms with Gasteiger partial charge in [0.15, 0.2) is 0 Å². The summed E-state index contributed by atoms with van der Waals surface area (Å²) >= 11 is 0. The summed E-state index contributed by atoms with van der Waals surface area (Å²) in [7, 11) is 0. The van der Waals surface area contributed by atoms with Crippen molar-refractivity contribution in [2.45, 2.75) is 46.5 Å². The zero-order chi connectivity index (χ0) is 12.5. The highest BCUT2D eigenvalue weighted by Gasteiger charge is 1.98. The molecule has 2 heteroatoms. The van der Waals surface area contributed by atoms with Gasteiger partial charge >= 0.3 is 0 Å². The van der Waals surface area contributed by atoms with Gasteiger partial charge in [-0.2, -0.15) is 0 Å². The number of hydrogen-bond acceptors (Lipinski definition) is 1. The first-order chi connectivity index (χ1) is 8.26. The molecule has 1 aromatic rings. The summed E-state index contributed by atoms with van der Waals surface area (Å²) < 4.78 is 0. The van der Waals surface area contributed by atoms with Crippen LogP contribution in [0.5, 0.6) is 0 Å². The van der Waals surface area contributed by atoms with Crippen molar-refractivity contribution in [3.63, 3.8) is 0 Å². The van der Waals surface area contributed by atoms with Crippen molar-refractivity contribution < 1.29 is 0 Å². The Hall–Kier alpha value is -0.530. The molecule has 1 aromatic carbocycles. The Morgan fingerprint density at radius 2 is 1.50 bits per heavy atom. The Balaban J connectivity index is 0.00000289. The van der Waals surface area contributed by atoms with Gasteiger partial charge in [-0.05, 0) is 51.4 Å². The molecule has 1 rings (SSSR count). The van der Waals surface area contributed by atoms with E-state index in [0.29, 0.717) is 0 Å². The smallest absolute Gasteiger partial charge is 0.00190 e. The van der Waals surface area contributed by atoms with Crippen LogP contribution in [-0.2, 0) is 6.42 Å². The average Bonchev–Trinajstić information content (AvgIpc) is 2.36. The second kappa shape index (κ2) is 10.4. The summed E-state index contributed by atoms with van der Waals surface area (Å²) in [5, 5.41) is 0. The maximum atomic E-state index is 2.51. The molecule has 0 N–H and O–H groups in total. The molecule has 0 aromatic heterocycles. The van der Waals surface area contributed by atoms with Crippen LogP contribution in [0.4, 0.5) is 0 Å². The highest BCUT2D eigenvalue weighted by atomic mass is 35.5. The maximum Gasteiger partial charge on any atom is -0.00190 e. The Bertz CT molecular complexity index is 290.